The van der Waals surface area contributed by atoms with Crippen molar-refractivity contribution in [2.45, 2.75) is 33.2 Å². The van der Waals surface area contributed by atoms with Crippen LogP contribution >= 0.6 is 0 Å². The molecule has 0 saturated heterocycles. The topological polar surface area (TPSA) is 79.8 Å². The minimum atomic E-state index is -0.398. The van der Waals surface area contributed by atoms with Gasteiger partial charge in [-0.05, 0) is 24.5 Å². The van der Waals surface area contributed by atoms with Crippen molar-refractivity contribution in [3.8, 4) is 0 Å². The van der Waals surface area contributed by atoms with Crippen molar-refractivity contribution < 1.29 is 0 Å². The fourth-order valence-corrected chi connectivity index (χ4v) is 2.00. The molecule has 0 aromatic carbocycles. The Hall–Kier alpha value is -2.37. The van der Waals surface area contributed by atoms with E-state index in [0.29, 0.717) is 18.5 Å². The summed E-state index contributed by atoms with van der Waals surface area (Å²) in [5, 5.41) is 3.20. The largest absolute Gasteiger partial charge is 0.370 e. The zero-order chi connectivity index (χ0) is 15.2. The van der Waals surface area contributed by atoms with Gasteiger partial charge in [0, 0.05) is 24.5 Å². The highest BCUT2D eigenvalue weighted by Crippen LogP contribution is 2.06. The first kappa shape index (κ1) is 15.0. The first-order chi connectivity index (χ1) is 10.1. The van der Waals surface area contributed by atoms with Gasteiger partial charge in [0.25, 0.3) is 5.56 Å². The van der Waals surface area contributed by atoms with Crippen molar-refractivity contribution in [3.05, 3.63) is 56.5 Å². The minimum Gasteiger partial charge on any atom is -0.370 e. The van der Waals surface area contributed by atoms with E-state index in [9.17, 15) is 9.59 Å². The van der Waals surface area contributed by atoms with E-state index in [1.54, 1.807) is 12.4 Å². The van der Waals surface area contributed by atoms with Gasteiger partial charge in [-0.15, -0.1) is 0 Å². The van der Waals surface area contributed by atoms with Gasteiger partial charge in [0.05, 0.1) is 6.54 Å². The van der Waals surface area contributed by atoms with Gasteiger partial charge in [0.15, 0.2) is 0 Å². The number of aromatic nitrogens is 3. The summed E-state index contributed by atoms with van der Waals surface area (Å²) in [5.74, 6) is 0.823. The maximum atomic E-state index is 11.8. The molecule has 0 atom stereocenters. The Morgan fingerprint density at radius 1 is 1.29 bits per heavy atom. The molecule has 21 heavy (non-hydrogen) atoms. The first-order valence-corrected chi connectivity index (χ1v) is 7.15. The number of hydrogen-bond donors (Lipinski definition) is 2. The Morgan fingerprint density at radius 3 is 2.71 bits per heavy atom. The third-order valence-corrected chi connectivity index (χ3v) is 3.20. The third-order valence-electron chi connectivity index (χ3n) is 3.20. The molecule has 0 unspecified atom stereocenters. The van der Waals surface area contributed by atoms with E-state index < -0.39 is 5.69 Å². The molecule has 0 amide bonds. The molecule has 0 aliphatic carbocycles. The lowest BCUT2D eigenvalue weighted by Crippen LogP contribution is -2.31. The van der Waals surface area contributed by atoms with Crippen LogP contribution < -0.4 is 16.6 Å². The van der Waals surface area contributed by atoms with E-state index in [0.717, 1.165) is 24.3 Å². The van der Waals surface area contributed by atoms with Crippen LogP contribution in [0.1, 0.15) is 31.4 Å². The van der Waals surface area contributed by atoms with Crippen LogP contribution in [-0.4, -0.2) is 21.1 Å². The summed E-state index contributed by atoms with van der Waals surface area (Å²) in [6.07, 6.45) is 4.98. The molecule has 2 aromatic rings. The van der Waals surface area contributed by atoms with Gasteiger partial charge in [-0.25, -0.2) is 9.78 Å². The third kappa shape index (κ3) is 3.81. The number of anilines is 1. The van der Waals surface area contributed by atoms with Crippen molar-refractivity contribution in [1.29, 1.82) is 0 Å². The highest BCUT2D eigenvalue weighted by Gasteiger charge is 2.04. The summed E-state index contributed by atoms with van der Waals surface area (Å²) in [5.41, 5.74) is 0.804. The van der Waals surface area contributed by atoms with E-state index in [2.05, 4.69) is 22.2 Å². The summed E-state index contributed by atoms with van der Waals surface area (Å²) in [6.45, 7) is 5.25. The second-order valence-electron chi connectivity index (χ2n) is 4.87. The van der Waals surface area contributed by atoms with Crippen molar-refractivity contribution in [1.82, 2.24) is 14.5 Å². The molecular weight excluding hydrogens is 268 g/mol. The zero-order valence-corrected chi connectivity index (χ0v) is 12.3. The molecule has 0 aliphatic heterocycles. The smallest absolute Gasteiger partial charge is 0.328 e. The molecule has 2 heterocycles. The van der Waals surface area contributed by atoms with Gasteiger partial charge in [-0.3, -0.25) is 14.3 Å². The van der Waals surface area contributed by atoms with E-state index in [1.165, 1.54) is 4.57 Å². The number of nitrogens with zero attached hydrogens (tertiary/aromatic N) is 2. The minimum absolute atomic E-state index is 0.309. The van der Waals surface area contributed by atoms with Gasteiger partial charge in [-0.1, -0.05) is 19.9 Å². The highest BCUT2D eigenvalue weighted by molar-refractivity contribution is 5.35. The van der Waals surface area contributed by atoms with Gasteiger partial charge in [0.2, 0.25) is 0 Å². The van der Waals surface area contributed by atoms with Crippen LogP contribution in [-0.2, 0) is 13.0 Å². The number of aromatic amines is 1. The molecule has 0 bridgehead atoms. The molecule has 0 aliphatic rings. The molecule has 0 radical (unpaired) electrons. The van der Waals surface area contributed by atoms with Crippen LogP contribution in [0, 0.1) is 0 Å². The fraction of sp³-hybridized carbons (Fsp3) is 0.400. The number of pyridine rings is 1. The SMILES string of the molecule is CCCNc1ccc(Cn2cc(CC)c(=O)[nH]c2=O)cn1. The van der Waals surface area contributed by atoms with Crippen LogP contribution in [0.4, 0.5) is 5.82 Å². The van der Waals surface area contributed by atoms with E-state index >= 15 is 0 Å². The molecule has 0 fully saturated rings. The molecule has 6 nitrogen and oxygen atoms in total. The number of aryl methyl sites for hydroxylation is 1. The number of H-pyrrole nitrogens is 1. The molecular formula is C15H20N4O2. The second-order valence-corrected chi connectivity index (χ2v) is 4.87. The van der Waals surface area contributed by atoms with Crippen molar-refractivity contribution in [2.75, 3.05) is 11.9 Å². The number of rotatable bonds is 6. The van der Waals surface area contributed by atoms with Gasteiger partial charge in [-0.2, -0.15) is 0 Å². The Kier molecular flexibility index (Phi) is 4.92. The summed E-state index contributed by atoms with van der Waals surface area (Å²) in [4.78, 5) is 30.0. The molecule has 112 valence electrons. The monoisotopic (exact) mass is 288 g/mol. The van der Waals surface area contributed by atoms with Gasteiger partial charge in [0.1, 0.15) is 5.82 Å². The van der Waals surface area contributed by atoms with Crippen LogP contribution in [0.25, 0.3) is 0 Å². The molecule has 2 aromatic heterocycles. The lowest BCUT2D eigenvalue weighted by Gasteiger charge is -2.08. The predicted octanol–water partition coefficient (Wildman–Crippen LogP) is 1.36. The normalized spacial score (nSPS) is 10.6. The Morgan fingerprint density at radius 2 is 2.10 bits per heavy atom. The quantitative estimate of drug-likeness (QED) is 0.841. The van der Waals surface area contributed by atoms with Crippen LogP contribution in [0.5, 0.6) is 0 Å². The Balaban J connectivity index is 2.18. The number of nitrogens with one attached hydrogen (secondary N) is 2. The van der Waals surface area contributed by atoms with Gasteiger partial charge >= 0.3 is 5.69 Å². The van der Waals surface area contributed by atoms with E-state index in [4.69, 9.17) is 0 Å². The van der Waals surface area contributed by atoms with Crippen LogP contribution in [0.2, 0.25) is 0 Å². The van der Waals surface area contributed by atoms with E-state index in [-0.39, 0.29) is 5.56 Å². The molecule has 2 rings (SSSR count). The first-order valence-electron chi connectivity index (χ1n) is 7.15. The van der Waals surface area contributed by atoms with Crippen LogP contribution in [0.3, 0.4) is 0 Å². The van der Waals surface area contributed by atoms with Crippen molar-refractivity contribution in [3.63, 3.8) is 0 Å². The maximum Gasteiger partial charge on any atom is 0.328 e. The highest BCUT2D eigenvalue weighted by atomic mass is 16.2. The summed E-state index contributed by atoms with van der Waals surface area (Å²) >= 11 is 0. The Bertz CT molecular complexity index is 701. The molecule has 6 heteroatoms. The number of hydrogen-bond acceptors (Lipinski definition) is 4. The molecule has 2 N–H and O–H groups in total. The van der Waals surface area contributed by atoms with Crippen molar-refractivity contribution >= 4 is 5.82 Å². The molecule has 0 spiro atoms. The standard InChI is InChI=1S/C15H20N4O2/c1-3-7-16-13-6-5-11(8-17-13)9-19-10-12(4-2)14(20)18-15(19)21/h5-6,8,10H,3-4,7,9H2,1-2H3,(H,16,17)(H,18,20,21). The van der Waals surface area contributed by atoms with Crippen LogP contribution in [0.15, 0.2) is 34.1 Å². The summed E-state index contributed by atoms with van der Waals surface area (Å²) in [6, 6.07) is 3.82. The molecule has 0 saturated carbocycles. The summed E-state index contributed by atoms with van der Waals surface area (Å²) in [7, 11) is 0. The van der Waals surface area contributed by atoms with E-state index in [1.807, 2.05) is 19.1 Å². The zero-order valence-electron chi connectivity index (χ0n) is 12.3. The second kappa shape index (κ2) is 6.88. The predicted molar refractivity (Wildman–Crippen MR) is 82.8 cm³/mol. The fourth-order valence-electron chi connectivity index (χ4n) is 2.00. The maximum absolute atomic E-state index is 11.8. The lowest BCUT2D eigenvalue weighted by molar-refractivity contribution is 0.705. The average Bonchev–Trinajstić information content (AvgIpc) is 2.49. The lowest BCUT2D eigenvalue weighted by atomic mass is 10.2. The van der Waals surface area contributed by atoms with Crippen molar-refractivity contribution in [2.24, 2.45) is 0 Å². The Labute approximate surface area is 122 Å². The summed E-state index contributed by atoms with van der Waals surface area (Å²) < 4.78 is 1.50. The average molecular weight is 288 g/mol. The van der Waals surface area contributed by atoms with Gasteiger partial charge < -0.3 is 5.32 Å².